The number of piperazine rings is 1. The Morgan fingerprint density at radius 2 is 1.96 bits per heavy atom. The predicted octanol–water partition coefficient (Wildman–Crippen LogP) is 2.58. The first-order chi connectivity index (χ1) is 12.8. The third kappa shape index (κ3) is 5.71. The summed E-state index contributed by atoms with van der Waals surface area (Å²) in [5, 5.41) is 3.11. The van der Waals surface area contributed by atoms with Crippen molar-refractivity contribution >= 4 is 22.4 Å². The van der Waals surface area contributed by atoms with Gasteiger partial charge in [0.1, 0.15) is 0 Å². The standard InChI is InChI=1S/C19H27N5OS/c20-18(23-10-12-24(13-11-23)19-22-9-15-26-19)21-8-4-5-14-25-16-17-6-2-1-3-7-17/h1-3,6-7,9,15H,4-5,8,10-14,16H2,(H2,20,21). The highest BCUT2D eigenvalue weighted by molar-refractivity contribution is 7.13. The van der Waals surface area contributed by atoms with Gasteiger partial charge in [-0.2, -0.15) is 0 Å². The smallest absolute Gasteiger partial charge is 0.191 e. The SMILES string of the molecule is NC(=NCCCCOCc1ccccc1)N1CCN(c2nccs2)CC1. The highest BCUT2D eigenvalue weighted by Crippen LogP contribution is 2.18. The van der Waals surface area contributed by atoms with Gasteiger partial charge < -0.3 is 20.3 Å². The van der Waals surface area contributed by atoms with Gasteiger partial charge in [-0.25, -0.2) is 4.98 Å². The predicted molar refractivity (Wildman–Crippen MR) is 108 cm³/mol. The number of unbranched alkanes of at least 4 members (excludes halogenated alkanes) is 1. The van der Waals surface area contributed by atoms with E-state index in [1.807, 2.05) is 29.8 Å². The van der Waals surface area contributed by atoms with Crippen LogP contribution in [0.5, 0.6) is 0 Å². The molecule has 2 heterocycles. The number of hydrogen-bond donors (Lipinski definition) is 1. The molecule has 0 amide bonds. The van der Waals surface area contributed by atoms with Crippen LogP contribution in [0.2, 0.25) is 0 Å². The van der Waals surface area contributed by atoms with Gasteiger partial charge in [0.05, 0.1) is 6.61 Å². The number of aliphatic imine (C=N–C) groups is 1. The molecule has 0 aliphatic carbocycles. The first-order valence-corrected chi connectivity index (χ1v) is 10.0. The first-order valence-electron chi connectivity index (χ1n) is 9.14. The Bertz CT molecular complexity index is 654. The minimum absolute atomic E-state index is 0.661. The molecule has 6 nitrogen and oxygen atoms in total. The average molecular weight is 374 g/mol. The van der Waals surface area contributed by atoms with E-state index in [4.69, 9.17) is 10.5 Å². The Labute approximate surface area is 159 Å². The average Bonchev–Trinajstić information content (AvgIpc) is 3.23. The van der Waals surface area contributed by atoms with E-state index in [-0.39, 0.29) is 0 Å². The molecule has 0 saturated carbocycles. The molecule has 0 spiro atoms. The fraction of sp³-hybridized carbons (Fsp3) is 0.474. The second kappa shape index (κ2) is 10.1. The Hall–Kier alpha value is -2.12. The number of anilines is 1. The summed E-state index contributed by atoms with van der Waals surface area (Å²) in [7, 11) is 0. The molecule has 1 aliphatic rings. The van der Waals surface area contributed by atoms with Gasteiger partial charge in [0, 0.05) is 50.9 Å². The van der Waals surface area contributed by atoms with Crippen molar-refractivity contribution in [1.29, 1.82) is 0 Å². The third-order valence-electron chi connectivity index (χ3n) is 4.38. The highest BCUT2D eigenvalue weighted by Gasteiger charge is 2.19. The van der Waals surface area contributed by atoms with E-state index in [0.717, 1.165) is 57.3 Å². The monoisotopic (exact) mass is 373 g/mol. The van der Waals surface area contributed by atoms with E-state index in [1.54, 1.807) is 11.3 Å². The van der Waals surface area contributed by atoms with E-state index in [0.29, 0.717) is 12.6 Å². The minimum Gasteiger partial charge on any atom is -0.377 e. The molecule has 1 aromatic carbocycles. The lowest BCUT2D eigenvalue weighted by molar-refractivity contribution is 0.117. The van der Waals surface area contributed by atoms with Crippen LogP contribution in [0, 0.1) is 0 Å². The zero-order valence-electron chi connectivity index (χ0n) is 15.1. The zero-order chi connectivity index (χ0) is 18.0. The molecule has 1 saturated heterocycles. The van der Waals surface area contributed by atoms with E-state index >= 15 is 0 Å². The maximum absolute atomic E-state index is 6.14. The van der Waals surface area contributed by atoms with Crippen molar-refractivity contribution in [2.45, 2.75) is 19.4 Å². The van der Waals surface area contributed by atoms with Gasteiger partial charge in [-0.05, 0) is 18.4 Å². The van der Waals surface area contributed by atoms with Gasteiger partial charge in [0.2, 0.25) is 0 Å². The van der Waals surface area contributed by atoms with Crippen molar-refractivity contribution < 1.29 is 4.74 Å². The number of benzene rings is 1. The van der Waals surface area contributed by atoms with Crippen molar-refractivity contribution in [2.75, 3.05) is 44.2 Å². The van der Waals surface area contributed by atoms with Crippen LogP contribution in [0.1, 0.15) is 18.4 Å². The fourth-order valence-electron chi connectivity index (χ4n) is 2.87. The summed E-state index contributed by atoms with van der Waals surface area (Å²) in [6.07, 6.45) is 3.85. The number of hydrogen-bond acceptors (Lipinski definition) is 5. The molecule has 0 unspecified atom stereocenters. The van der Waals surface area contributed by atoms with E-state index < -0.39 is 0 Å². The van der Waals surface area contributed by atoms with Crippen molar-refractivity contribution in [3.8, 4) is 0 Å². The van der Waals surface area contributed by atoms with Crippen LogP contribution in [0.15, 0.2) is 46.9 Å². The number of guanidine groups is 1. The van der Waals surface area contributed by atoms with E-state index in [1.165, 1.54) is 5.56 Å². The summed E-state index contributed by atoms with van der Waals surface area (Å²) in [5.41, 5.74) is 7.36. The molecule has 2 N–H and O–H groups in total. The maximum Gasteiger partial charge on any atom is 0.191 e. The minimum atomic E-state index is 0.661. The maximum atomic E-state index is 6.14. The first kappa shape index (κ1) is 18.7. The summed E-state index contributed by atoms with van der Waals surface area (Å²) in [4.78, 5) is 13.4. The molecular formula is C19H27N5OS. The number of ether oxygens (including phenoxy) is 1. The third-order valence-corrected chi connectivity index (χ3v) is 5.21. The largest absolute Gasteiger partial charge is 0.377 e. The lowest BCUT2D eigenvalue weighted by Crippen LogP contribution is -2.51. The fourth-order valence-corrected chi connectivity index (χ4v) is 3.57. The highest BCUT2D eigenvalue weighted by atomic mass is 32.1. The molecule has 0 radical (unpaired) electrons. The van der Waals surface area contributed by atoms with Crippen molar-refractivity contribution in [2.24, 2.45) is 10.7 Å². The summed E-state index contributed by atoms with van der Waals surface area (Å²) in [5.74, 6) is 0.661. The molecule has 140 valence electrons. The Balaban J connectivity index is 1.27. The van der Waals surface area contributed by atoms with Gasteiger partial charge in [-0.3, -0.25) is 4.99 Å². The molecule has 3 rings (SSSR count). The van der Waals surface area contributed by atoms with Crippen LogP contribution in [-0.4, -0.2) is 55.2 Å². The molecule has 7 heteroatoms. The van der Waals surface area contributed by atoms with Gasteiger partial charge >= 0.3 is 0 Å². The Kier molecular flexibility index (Phi) is 7.27. The van der Waals surface area contributed by atoms with E-state index in [2.05, 4.69) is 31.9 Å². The van der Waals surface area contributed by atoms with Gasteiger partial charge in [0.25, 0.3) is 0 Å². The number of nitrogens with zero attached hydrogens (tertiary/aromatic N) is 4. The van der Waals surface area contributed by atoms with Gasteiger partial charge in [-0.15, -0.1) is 11.3 Å². The number of nitrogens with two attached hydrogens (primary N) is 1. The topological polar surface area (TPSA) is 67.0 Å². The van der Waals surface area contributed by atoms with Crippen LogP contribution < -0.4 is 10.6 Å². The van der Waals surface area contributed by atoms with Crippen LogP contribution in [0.4, 0.5) is 5.13 Å². The number of thiazole rings is 1. The molecule has 2 aromatic rings. The second-order valence-electron chi connectivity index (χ2n) is 6.27. The molecule has 1 aliphatic heterocycles. The lowest BCUT2D eigenvalue weighted by atomic mass is 10.2. The second-order valence-corrected chi connectivity index (χ2v) is 7.15. The van der Waals surface area contributed by atoms with Crippen molar-refractivity contribution in [3.63, 3.8) is 0 Å². The molecule has 0 atom stereocenters. The molecular weight excluding hydrogens is 346 g/mol. The summed E-state index contributed by atoms with van der Waals surface area (Å²) in [6, 6.07) is 10.3. The molecule has 26 heavy (non-hydrogen) atoms. The van der Waals surface area contributed by atoms with E-state index in [9.17, 15) is 0 Å². The Morgan fingerprint density at radius 1 is 1.15 bits per heavy atom. The van der Waals surface area contributed by atoms with Gasteiger partial charge in [0.15, 0.2) is 11.1 Å². The van der Waals surface area contributed by atoms with Crippen molar-refractivity contribution in [3.05, 3.63) is 47.5 Å². The lowest BCUT2D eigenvalue weighted by Gasteiger charge is -2.35. The van der Waals surface area contributed by atoms with Crippen LogP contribution in [-0.2, 0) is 11.3 Å². The number of rotatable bonds is 8. The summed E-state index contributed by atoms with van der Waals surface area (Å²) in [6.45, 7) is 5.87. The summed E-state index contributed by atoms with van der Waals surface area (Å²) >= 11 is 1.68. The van der Waals surface area contributed by atoms with Crippen LogP contribution in [0.25, 0.3) is 0 Å². The Morgan fingerprint density at radius 3 is 2.69 bits per heavy atom. The molecule has 1 fully saturated rings. The van der Waals surface area contributed by atoms with Crippen molar-refractivity contribution in [1.82, 2.24) is 9.88 Å². The molecule has 0 bridgehead atoms. The van der Waals surface area contributed by atoms with Gasteiger partial charge in [-0.1, -0.05) is 30.3 Å². The van der Waals surface area contributed by atoms with Crippen LogP contribution in [0.3, 0.4) is 0 Å². The molecule has 1 aromatic heterocycles. The number of aromatic nitrogens is 1. The normalized spacial score (nSPS) is 15.5. The summed E-state index contributed by atoms with van der Waals surface area (Å²) < 4.78 is 5.69. The van der Waals surface area contributed by atoms with Crippen LogP contribution >= 0.6 is 11.3 Å². The quantitative estimate of drug-likeness (QED) is 0.438. The zero-order valence-corrected chi connectivity index (χ0v) is 15.9.